The van der Waals surface area contributed by atoms with Crippen molar-refractivity contribution >= 4 is 0 Å². The van der Waals surface area contributed by atoms with E-state index in [0.717, 1.165) is 35.6 Å². The maximum Gasteiger partial charge on any atom is 0.0138 e. The average molecular weight is 248 g/mol. The highest BCUT2D eigenvalue weighted by Crippen LogP contribution is 2.58. The summed E-state index contributed by atoms with van der Waals surface area (Å²) in [5.41, 5.74) is 0. The lowest BCUT2D eigenvalue weighted by molar-refractivity contribution is -0.0699. The van der Waals surface area contributed by atoms with E-state index < -0.39 is 0 Å². The molecule has 2 nitrogen and oxygen atoms in total. The normalized spacial score (nSPS) is 52.5. The number of hydrogen-bond donors (Lipinski definition) is 1. The summed E-state index contributed by atoms with van der Waals surface area (Å²) in [4.78, 5) is 2.69. The van der Waals surface area contributed by atoms with Crippen molar-refractivity contribution in [3.05, 3.63) is 0 Å². The predicted molar refractivity (Wildman–Crippen MR) is 74.4 cm³/mol. The van der Waals surface area contributed by atoms with Gasteiger partial charge in [0.05, 0.1) is 0 Å². The maximum atomic E-state index is 3.59. The van der Waals surface area contributed by atoms with Crippen molar-refractivity contribution in [1.82, 2.24) is 10.2 Å². The molecule has 1 heterocycles. The molecule has 0 radical (unpaired) electrons. The Labute approximate surface area is 111 Å². The van der Waals surface area contributed by atoms with E-state index in [1.54, 1.807) is 32.1 Å². The van der Waals surface area contributed by atoms with Crippen LogP contribution in [0, 0.1) is 29.6 Å². The lowest BCUT2D eigenvalue weighted by atomic mass is 9.50. The van der Waals surface area contributed by atoms with E-state index >= 15 is 0 Å². The zero-order valence-electron chi connectivity index (χ0n) is 11.8. The van der Waals surface area contributed by atoms with Gasteiger partial charge >= 0.3 is 0 Å². The number of hydrogen-bond acceptors (Lipinski definition) is 2. The van der Waals surface area contributed by atoms with Crippen LogP contribution in [0.3, 0.4) is 0 Å². The summed E-state index contributed by atoms with van der Waals surface area (Å²) in [6.45, 7) is 3.70. The summed E-state index contributed by atoms with van der Waals surface area (Å²) in [5.74, 6) is 5.47. The minimum atomic E-state index is 0.884. The van der Waals surface area contributed by atoms with Gasteiger partial charge in [-0.2, -0.15) is 0 Å². The van der Waals surface area contributed by atoms with Crippen molar-refractivity contribution < 1.29 is 0 Å². The summed E-state index contributed by atoms with van der Waals surface area (Å²) in [7, 11) is 2.38. The number of rotatable bonds is 1. The smallest absolute Gasteiger partial charge is 0.0138 e. The Morgan fingerprint density at radius 2 is 1.56 bits per heavy atom. The fourth-order valence-electron chi connectivity index (χ4n) is 6.10. The summed E-state index contributed by atoms with van der Waals surface area (Å²) in [6, 6.07) is 0.884. The number of nitrogens with zero attached hydrogens (tertiary/aromatic N) is 1. The van der Waals surface area contributed by atoms with Crippen LogP contribution in [0.4, 0.5) is 0 Å². The predicted octanol–water partition coefficient (Wildman–Crippen LogP) is 2.35. The van der Waals surface area contributed by atoms with E-state index in [1.165, 1.54) is 26.1 Å². The van der Waals surface area contributed by atoms with Gasteiger partial charge in [-0.3, -0.25) is 0 Å². The Morgan fingerprint density at radius 3 is 2.22 bits per heavy atom. The molecule has 5 fully saturated rings. The van der Waals surface area contributed by atoms with Crippen molar-refractivity contribution in [2.75, 3.05) is 26.7 Å². The van der Waals surface area contributed by atoms with Crippen LogP contribution in [0.2, 0.25) is 0 Å². The SMILES string of the molecule is CN1CCNCCC1C1C2CC3CC(C2)CC1C3. The van der Waals surface area contributed by atoms with Gasteiger partial charge in [0.25, 0.3) is 0 Å². The molecule has 4 aliphatic carbocycles. The monoisotopic (exact) mass is 248 g/mol. The summed E-state index contributed by atoms with van der Waals surface area (Å²) >= 11 is 0. The summed E-state index contributed by atoms with van der Waals surface area (Å²) in [5, 5.41) is 3.59. The van der Waals surface area contributed by atoms with Crippen LogP contribution >= 0.6 is 0 Å². The second-order valence-corrected chi connectivity index (χ2v) is 7.59. The molecule has 0 aromatic carbocycles. The Balaban J connectivity index is 1.56. The molecule has 102 valence electrons. The van der Waals surface area contributed by atoms with Crippen LogP contribution in [0.15, 0.2) is 0 Å². The zero-order valence-corrected chi connectivity index (χ0v) is 11.8. The third kappa shape index (κ3) is 1.84. The molecule has 1 unspecified atom stereocenters. The minimum Gasteiger partial charge on any atom is -0.315 e. The van der Waals surface area contributed by atoms with Crippen molar-refractivity contribution in [2.24, 2.45) is 29.6 Å². The third-order valence-electron chi connectivity index (χ3n) is 6.57. The first kappa shape index (κ1) is 11.7. The van der Waals surface area contributed by atoms with E-state index in [2.05, 4.69) is 17.3 Å². The lowest BCUT2D eigenvalue weighted by Gasteiger charge is -2.57. The highest BCUT2D eigenvalue weighted by atomic mass is 15.2. The van der Waals surface area contributed by atoms with Gasteiger partial charge in [0.2, 0.25) is 0 Å². The first-order chi connectivity index (χ1) is 8.81. The fraction of sp³-hybridized carbons (Fsp3) is 1.00. The van der Waals surface area contributed by atoms with E-state index in [9.17, 15) is 0 Å². The lowest BCUT2D eigenvalue weighted by Crippen LogP contribution is -2.53. The van der Waals surface area contributed by atoms with Crippen molar-refractivity contribution in [2.45, 2.75) is 44.6 Å². The molecular weight excluding hydrogens is 220 g/mol. The van der Waals surface area contributed by atoms with E-state index in [4.69, 9.17) is 0 Å². The maximum absolute atomic E-state index is 3.59. The number of nitrogens with one attached hydrogen (secondary N) is 1. The van der Waals surface area contributed by atoms with E-state index in [-0.39, 0.29) is 0 Å². The molecule has 5 aliphatic rings. The van der Waals surface area contributed by atoms with Crippen LogP contribution in [0.5, 0.6) is 0 Å². The molecule has 0 aromatic rings. The molecule has 4 saturated carbocycles. The first-order valence-electron chi connectivity index (χ1n) is 8.22. The molecule has 1 saturated heterocycles. The zero-order chi connectivity index (χ0) is 12.1. The second-order valence-electron chi connectivity index (χ2n) is 7.59. The molecule has 0 amide bonds. The van der Waals surface area contributed by atoms with Crippen LogP contribution in [0.1, 0.15) is 38.5 Å². The molecule has 1 atom stereocenters. The highest BCUT2D eigenvalue weighted by Gasteiger charge is 2.50. The largest absolute Gasteiger partial charge is 0.315 e. The van der Waals surface area contributed by atoms with Gasteiger partial charge in [-0.05, 0) is 81.7 Å². The third-order valence-corrected chi connectivity index (χ3v) is 6.57. The van der Waals surface area contributed by atoms with Gasteiger partial charge in [0.15, 0.2) is 0 Å². The first-order valence-corrected chi connectivity index (χ1v) is 8.22. The minimum absolute atomic E-state index is 0.884. The quantitative estimate of drug-likeness (QED) is 0.766. The molecule has 4 bridgehead atoms. The number of likely N-dealkylation sites (N-methyl/N-ethyl adjacent to an activating group) is 1. The molecule has 5 rings (SSSR count). The Morgan fingerprint density at radius 1 is 0.889 bits per heavy atom. The van der Waals surface area contributed by atoms with Gasteiger partial charge in [0.1, 0.15) is 0 Å². The molecule has 0 spiro atoms. The molecule has 1 aliphatic heterocycles. The van der Waals surface area contributed by atoms with E-state index in [1.807, 2.05) is 0 Å². The van der Waals surface area contributed by atoms with Gasteiger partial charge in [-0.15, -0.1) is 0 Å². The summed E-state index contributed by atoms with van der Waals surface area (Å²) in [6.07, 6.45) is 9.29. The molecule has 0 aromatic heterocycles. The van der Waals surface area contributed by atoms with Gasteiger partial charge in [0, 0.05) is 19.1 Å². The van der Waals surface area contributed by atoms with Crippen molar-refractivity contribution in [3.8, 4) is 0 Å². The molecule has 18 heavy (non-hydrogen) atoms. The van der Waals surface area contributed by atoms with Gasteiger partial charge in [-0.1, -0.05) is 0 Å². The standard InChI is InChI=1S/C16H28N2/c1-18-5-4-17-3-2-15(18)16-13-7-11-6-12(9-13)10-14(16)8-11/h11-17H,2-10H2,1H3. The molecule has 2 heteroatoms. The Hall–Kier alpha value is -0.0800. The van der Waals surface area contributed by atoms with Crippen LogP contribution in [0.25, 0.3) is 0 Å². The molecule has 1 N–H and O–H groups in total. The molecular formula is C16H28N2. The van der Waals surface area contributed by atoms with Crippen molar-refractivity contribution in [3.63, 3.8) is 0 Å². The van der Waals surface area contributed by atoms with Gasteiger partial charge in [-0.25, -0.2) is 0 Å². The van der Waals surface area contributed by atoms with Crippen LogP contribution in [-0.4, -0.2) is 37.6 Å². The van der Waals surface area contributed by atoms with E-state index in [0.29, 0.717) is 0 Å². The second kappa shape index (κ2) is 4.49. The summed E-state index contributed by atoms with van der Waals surface area (Å²) < 4.78 is 0. The fourth-order valence-corrected chi connectivity index (χ4v) is 6.10. The Bertz CT molecular complexity index is 286. The van der Waals surface area contributed by atoms with Gasteiger partial charge < -0.3 is 10.2 Å². The van der Waals surface area contributed by atoms with Crippen molar-refractivity contribution in [1.29, 1.82) is 0 Å². The van der Waals surface area contributed by atoms with Crippen LogP contribution in [-0.2, 0) is 0 Å². The average Bonchev–Trinajstić information content (AvgIpc) is 2.54. The topological polar surface area (TPSA) is 15.3 Å². The van der Waals surface area contributed by atoms with Crippen LogP contribution < -0.4 is 5.32 Å². The highest BCUT2D eigenvalue weighted by molar-refractivity contribution is 5.02. The Kier molecular flexibility index (Phi) is 2.92.